The molecule has 2 aromatic heterocycles. The highest BCUT2D eigenvalue weighted by Gasteiger charge is 2.42. The van der Waals surface area contributed by atoms with E-state index in [1.807, 2.05) is 49.6 Å². The van der Waals surface area contributed by atoms with Gasteiger partial charge in [-0.1, -0.05) is 17.3 Å². The van der Waals surface area contributed by atoms with Crippen LogP contribution < -0.4 is 4.90 Å². The second-order valence-corrected chi connectivity index (χ2v) is 9.00. The molecule has 1 atom stereocenters. The Morgan fingerprint density at radius 1 is 1.17 bits per heavy atom. The number of hydrogen-bond acceptors (Lipinski definition) is 6. The fraction of sp³-hybridized carbons (Fsp3) is 0.364. The summed E-state index contributed by atoms with van der Waals surface area (Å²) in [5, 5.41) is 6.02. The third-order valence-electron chi connectivity index (χ3n) is 6.00. The lowest BCUT2D eigenvalue weighted by molar-refractivity contribution is -0.140. The lowest BCUT2D eigenvalue weighted by atomic mass is 9.96. The summed E-state index contributed by atoms with van der Waals surface area (Å²) in [5.41, 5.74) is 3.20. The summed E-state index contributed by atoms with van der Waals surface area (Å²) in [6.45, 7) is 5.62. The number of likely N-dealkylation sites (tertiary alicyclic amines) is 1. The highest BCUT2D eigenvalue weighted by molar-refractivity contribution is 7.13. The molecule has 154 valence electrons. The van der Waals surface area contributed by atoms with Crippen LogP contribution in [0, 0.1) is 19.8 Å². The molecule has 2 aliphatic rings. The van der Waals surface area contributed by atoms with Gasteiger partial charge in [0.1, 0.15) is 0 Å². The maximum absolute atomic E-state index is 12.9. The molecule has 0 aliphatic carbocycles. The Hall–Kier alpha value is -3.00. The van der Waals surface area contributed by atoms with Gasteiger partial charge in [-0.25, -0.2) is 0 Å². The van der Waals surface area contributed by atoms with Crippen LogP contribution in [0.2, 0.25) is 0 Å². The van der Waals surface area contributed by atoms with Crippen LogP contribution >= 0.6 is 11.3 Å². The zero-order valence-corrected chi connectivity index (χ0v) is 17.7. The molecule has 2 fully saturated rings. The van der Waals surface area contributed by atoms with Crippen LogP contribution in [0.3, 0.4) is 0 Å². The van der Waals surface area contributed by atoms with E-state index in [0.717, 1.165) is 16.1 Å². The topological polar surface area (TPSA) is 79.5 Å². The number of aryl methyl sites for hydroxylation is 2. The van der Waals surface area contributed by atoms with E-state index in [1.54, 1.807) is 21.1 Å². The number of rotatable bonds is 4. The molecule has 2 saturated heterocycles. The van der Waals surface area contributed by atoms with Crippen LogP contribution in [0.25, 0.3) is 10.7 Å². The van der Waals surface area contributed by atoms with E-state index < -0.39 is 0 Å². The molecule has 1 aromatic carbocycles. The molecule has 7 nitrogen and oxygen atoms in total. The van der Waals surface area contributed by atoms with E-state index in [4.69, 9.17) is 4.52 Å². The third kappa shape index (κ3) is 3.31. The molecule has 2 aliphatic heterocycles. The Balaban J connectivity index is 1.21. The summed E-state index contributed by atoms with van der Waals surface area (Å²) >= 11 is 1.56. The first-order chi connectivity index (χ1) is 14.5. The van der Waals surface area contributed by atoms with Crippen molar-refractivity contribution in [2.45, 2.75) is 26.2 Å². The van der Waals surface area contributed by atoms with Gasteiger partial charge in [-0.3, -0.25) is 9.59 Å². The van der Waals surface area contributed by atoms with Gasteiger partial charge in [0.05, 0.1) is 16.7 Å². The predicted octanol–water partition coefficient (Wildman–Crippen LogP) is 3.39. The van der Waals surface area contributed by atoms with E-state index in [0.29, 0.717) is 31.3 Å². The molecule has 4 heterocycles. The van der Waals surface area contributed by atoms with Gasteiger partial charge in [-0.15, -0.1) is 11.3 Å². The first kappa shape index (κ1) is 19.0. The standard InChI is InChI=1S/C22H22N4O3S/c1-13-5-6-17(8-14(13)2)26-12-15(9-19(26)27)22(28)25-10-16(11-25)21-23-20(24-29-21)18-4-3-7-30-18/h3-8,15-16H,9-12H2,1-2H3. The highest BCUT2D eigenvalue weighted by atomic mass is 32.1. The maximum atomic E-state index is 12.9. The van der Waals surface area contributed by atoms with Crippen molar-refractivity contribution < 1.29 is 14.1 Å². The normalized spacial score (nSPS) is 19.4. The van der Waals surface area contributed by atoms with Crippen LogP contribution in [0.4, 0.5) is 5.69 Å². The van der Waals surface area contributed by atoms with Gasteiger partial charge in [0.2, 0.25) is 23.5 Å². The van der Waals surface area contributed by atoms with Crippen LogP contribution in [0.15, 0.2) is 40.2 Å². The number of aromatic nitrogens is 2. The maximum Gasteiger partial charge on any atom is 0.233 e. The monoisotopic (exact) mass is 422 g/mol. The molecule has 0 saturated carbocycles. The van der Waals surface area contributed by atoms with E-state index >= 15 is 0 Å². The minimum atomic E-state index is -0.301. The largest absolute Gasteiger partial charge is 0.341 e. The summed E-state index contributed by atoms with van der Waals surface area (Å²) in [7, 11) is 0. The van der Waals surface area contributed by atoms with Crippen molar-refractivity contribution in [3.05, 3.63) is 52.7 Å². The number of carbonyl (C=O) groups excluding carboxylic acids is 2. The molecule has 8 heteroatoms. The van der Waals surface area contributed by atoms with Crippen LogP contribution in [0.5, 0.6) is 0 Å². The molecule has 30 heavy (non-hydrogen) atoms. The molecular formula is C22H22N4O3S. The lowest BCUT2D eigenvalue weighted by Gasteiger charge is -2.38. The zero-order valence-electron chi connectivity index (χ0n) is 16.9. The van der Waals surface area contributed by atoms with Gasteiger partial charge in [0.25, 0.3) is 0 Å². The minimum Gasteiger partial charge on any atom is -0.341 e. The predicted molar refractivity (Wildman–Crippen MR) is 113 cm³/mol. The SMILES string of the molecule is Cc1ccc(N2CC(C(=O)N3CC(c4nc(-c5cccs5)no4)C3)CC2=O)cc1C. The van der Waals surface area contributed by atoms with Crippen LogP contribution in [-0.4, -0.2) is 46.5 Å². The Kier molecular flexibility index (Phi) is 4.66. The van der Waals surface area contributed by atoms with Crippen molar-refractivity contribution in [3.63, 3.8) is 0 Å². The molecule has 5 rings (SSSR count). The summed E-state index contributed by atoms with van der Waals surface area (Å²) in [6, 6.07) is 9.88. The average molecular weight is 423 g/mol. The number of anilines is 1. The van der Waals surface area contributed by atoms with Crippen LogP contribution in [-0.2, 0) is 9.59 Å². The summed E-state index contributed by atoms with van der Waals surface area (Å²) in [4.78, 5) is 34.4. The van der Waals surface area contributed by atoms with Crippen molar-refractivity contribution in [2.75, 3.05) is 24.5 Å². The van der Waals surface area contributed by atoms with E-state index in [2.05, 4.69) is 10.1 Å². The van der Waals surface area contributed by atoms with Crippen molar-refractivity contribution in [2.24, 2.45) is 5.92 Å². The average Bonchev–Trinajstić information content (AvgIpc) is 3.43. The molecule has 1 unspecified atom stereocenters. The van der Waals surface area contributed by atoms with Gasteiger partial charge in [-0.05, 0) is 48.6 Å². The van der Waals surface area contributed by atoms with Crippen LogP contribution in [0.1, 0.15) is 29.4 Å². The van der Waals surface area contributed by atoms with Gasteiger partial charge in [-0.2, -0.15) is 4.98 Å². The summed E-state index contributed by atoms with van der Waals surface area (Å²) < 4.78 is 5.40. The highest BCUT2D eigenvalue weighted by Crippen LogP contribution is 2.33. The molecule has 3 aromatic rings. The molecule has 0 N–H and O–H groups in total. The fourth-order valence-corrected chi connectivity index (χ4v) is 4.65. The number of thiophene rings is 1. The van der Waals surface area contributed by atoms with Crippen molar-refractivity contribution >= 4 is 28.8 Å². The van der Waals surface area contributed by atoms with Gasteiger partial charge < -0.3 is 14.3 Å². The Labute approximate surface area is 178 Å². The molecular weight excluding hydrogens is 400 g/mol. The van der Waals surface area contributed by atoms with Gasteiger partial charge in [0.15, 0.2) is 0 Å². The number of nitrogens with zero attached hydrogens (tertiary/aromatic N) is 4. The number of carbonyl (C=O) groups is 2. The van der Waals surface area contributed by atoms with E-state index in [1.165, 1.54) is 5.56 Å². The molecule has 0 bridgehead atoms. The number of hydrogen-bond donors (Lipinski definition) is 0. The number of benzene rings is 1. The van der Waals surface area contributed by atoms with Crippen molar-refractivity contribution in [1.29, 1.82) is 0 Å². The molecule has 0 spiro atoms. The van der Waals surface area contributed by atoms with Gasteiger partial charge in [0, 0.05) is 31.7 Å². The smallest absolute Gasteiger partial charge is 0.233 e. The Morgan fingerprint density at radius 3 is 2.73 bits per heavy atom. The quantitative estimate of drug-likeness (QED) is 0.644. The second kappa shape index (κ2) is 7.36. The zero-order chi connectivity index (χ0) is 20.8. The second-order valence-electron chi connectivity index (χ2n) is 8.05. The van der Waals surface area contributed by atoms with Crippen molar-refractivity contribution in [1.82, 2.24) is 15.0 Å². The Morgan fingerprint density at radius 2 is 2.00 bits per heavy atom. The Bertz CT molecular complexity index is 1100. The first-order valence-corrected chi connectivity index (χ1v) is 10.9. The molecule has 2 amide bonds. The molecule has 0 radical (unpaired) electrons. The summed E-state index contributed by atoms with van der Waals surface area (Å²) in [5.74, 6) is 0.958. The number of amides is 2. The lowest BCUT2D eigenvalue weighted by Crippen LogP contribution is -2.51. The summed E-state index contributed by atoms with van der Waals surface area (Å²) in [6.07, 6.45) is 0.260. The minimum absolute atomic E-state index is 0.00571. The third-order valence-corrected chi connectivity index (χ3v) is 6.87. The van der Waals surface area contributed by atoms with E-state index in [-0.39, 0.29) is 30.1 Å². The fourth-order valence-electron chi connectivity index (χ4n) is 4.00. The van der Waals surface area contributed by atoms with Gasteiger partial charge >= 0.3 is 0 Å². The van der Waals surface area contributed by atoms with E-state index in [9.17, 15) is 9.59 Å². The first-order valence-electron chi connectivity index (χ1n) is 10.0. The van der Waals surface area contributed by atoms with Crippen molar-refractivity contribution in [3.8, 4) is 10.7 Å².